The summed E-state index contributed by atoms with van der Waals surface area (Å²) in [5.41, 5.74) is 1.95. The van der Waals surface area contributed by atoms with E-state index in [1.807, 2.05) is 91.0 Å². The molecular weight excluding hydrogens is 650 g/mol. The Morgan fingerprint density at radius 3 is 2.06 bits per heavy atom. The SMILES string of the molecule is CO/N=C(\C(=O)N[C@@H]1C(=O)N2C(C(=O)[O-])=C(CO)CS[C@H]12)c1csc(NC(c2ccccc2)(c2ccccc2)c2ccccc2)n1.[Na+]. The van der Waals surface area contributed by atoms with Crippen LogP contribution in [-0.4, -0.2) is 69.4 Å². The summed E-state index contributed by atoms with van der Waals surface area (Å²) in [7, 11) is 1.30. The third kappa shape index (κ3) is 6.47. The van der Waals surface area contributed by atoms with Crippen molar-refractivity contribution in [3.05, 3.63) is 130 Å². The molecule has 234 valence electrons. The van der Waals surface area contributed by atoms with Gasteiger partial charge in [-0.15, -0.1) is 23.1 Å². The minimum atomic E-state index is -1.56. The Bertz CT molecular complexity index is 1720. The fraction of sp³-hybridized carbons (Fsp3) is 0.182. The van der Waals surface area contributed by atoms with E-state index in [1.54, 1.807) is 5.38 Å². The van der Waals surface area contributed by atoms with E-state index in [0.717, 1.165) is 21.6 Å². The van der Waals surface area contributed by atoms with Crippen LogP contribution < -0.4 is 45.3 Å². The van der Waals surface area contributed by atoms with Crippen molar-refractivity contribution < 1.29 is 59.0 Å². The van der Waals surface area contributed by atoms with Crippen molar-refractivity contribution in [2.75, 3.05) is 24.8 Å². The number of nitrogens with zero attached hydrogens (tertiary/aromatic N) is 3. The van der Waals surface area contributed by atoms with Crippen LogP contribution in [-0.2, 0) is 24.8 Å². The third-order valence-corrected chi connectivity index (χ3v) is 9.87. The first-order valence-corrected chi connectivity index (χ1v) is 16.1. The molecule has 14 heteroatoms. The molecule has 3 N–H and O–H groups in total. The molecule has 0 bridgehead atoms. The predicted octanol–water partition coefficient (Wildman–Crippen LogP) is -0.702. The van der Waals surface area contributed by atoms with Crippen LogP contribution in [0.2, 0.25) is 0 Å². The maximum Gasteiger partial charge on any atom is 1.00 e. The largest absolute Gasteiger partial charge is 1.00 e. The maximum absolute atomic E-state index is 13.5. The average Bonchev–Trinajstić information content (AvgIpc) is 3.56. The number of aromatic nitrogens is 1. The Hall–Kier alpha value is -3.98. The van der Waals surface area contributed by atoms with Gasteiger partial charge in [-0.25, -0.2) is 4.98 Å². The molecule has 2 amide bonds. The number of benzene rings is 3. The maximum atomic E-state index is 13.5. The first-order chi connectivity index (χ1) is 22.4. The van der Waals surface area contributed by atoms with Crippen LogP contribution in [0.15, 0.2) is 113 Å². The van der Waals surface area contributed by atoms with E-state index >= 15 is 0 Å². The second kappa shape index (κ2) is 14.8. The fourth-order valence-corrected chi connectivity index (χ4v) is 7.77. The number of aliphatic hydroxyl groups is 1. The molecule has 4 aromatic rings. The summed E-state index contributed by atoms with van der Waals surface area (Å²) < 4.78 is 0. The molecule has 0 radical (unpaired) electrons. The van der Waals surface area contributed by atoms with Gasteiger partial charge in [0, 0.05) is 11.1 Å². The molecule has 2 aliphatic heterocycles. The standard InChI is InChI=1S/C33H29N5O6S2.Na/c1-44-37-25(28(40)35-26-29(41)38-27(31(42)43)20(17-39)18-45-30(26)38)24-19-46-32(34-24)36-33(21-11-5-2-6-12-21,22-13-7-3-8-14-22)23-15-9-4-10-16-23;/h2-16,19,26,30,39H,17-18H2,1H3,(H,34,36)(H,35,40)(H,42,43);/q;+1/p-1/b37-25-;/t26-,30-;/m1./s1. The zero-order valence-corrected chi connectivity index (χ0v) is 29.1. The number of amides is 2. The number of carboxylic acid groups (broad SMARTS) is 1. The molecule has 11 nitrogen and oxygen atoms in total. The van der Waals surface area contributed by atoms with Gasteiger partial charge in [-0.2, -0.15) is 0 Å². The van der Waals surface area contributed by atoms with E-state index in [2.05, 4.69) is 15.8 Å². The molecule has 1 fully saturated rings. The van der Waals surface area contributed by atoms with E-state index in [1.165, 1.54) is 30.2 Å². The van der Waals surface area contributed by atoms with Gasteiger partial charge >= 0.3 is 29.6 Å². The normalized spacial score (nSPS) is 17.6. The number of oxime groups is 1. The third-order valence-electron chi connectivity index (χ3n) is 7.78. The number of thiazole rings is 1. The Labute approximate surface area is 301 Å². The molecule has 47 heavy (non-hydrogen) atoms. The fourth-order valence-electron chi connectivity index (χ4n) is 5.68. The van der Waals surface area contributed by atoms with Gasteiger partial charge in [-0.3, -0.25) is 14.5 Å². The molecule has 3 aromatic carbocycles. The number of anilines is 1. The van der Waals surface area contributed by atoms with Crippen molar-refractivity contribution in [2.45, 2.75) is 17.0 Å². The summed E-state index contributed by atoms with van der Waals surface area (Å²) in [6.07, 6.45) is 0. The number of thioether (sulfide) groups is 1. The minimum absolute atomic E-state index is 0. The monoisotopic (exact) mass is 677 g/mol. The minimum Gasteiger partial charge on any atom is -0.543 e. The van der Waals surface area contributed by atoms with Gasteiger partial charge in [0.15, 0.2) is 10.8 Å². The zero-order valence-electron chi connectivity index (χ0n) is 25.5. The van der Waals surface area contributed by atoms with Gasteiger partial charge < -0.3 is 30.5 Å². The first-order valence-electron chi connectivity index (χ1n) is 14.2. The molecule has 1 saturated heterocycles. The molecule has 0 aliphatic carbocycles. The summed E-state index contributed by atoms with van der Waals surface area (Å²) in [5.74, 6) is -2.74. The number of fused-ring (bicyclic) bond motifs is 1. The average molecular weight is 678 g/mol. The summed E-state index contributed by atoms with van der Waals surface area (Å²) in [5, 5.41) is 33.0. The Morgan fingerprint density at radius 1 is 1.02 bits per heavy atom. The molecule has 0 saturated carbocycles. The van der Waals surface area contributed by atoms with Gasteiger partial charge in [0.05, 0.1) is 18.3 Å². The summed E-state index contributed by atoms with van der Waals surface area (Å²) in [6, 6.07) is 28.9. The van der Waals surface area contributed by atoms with Gasteiger partial charge in [0.1, 0.15) is 29.8 Å². The predicted molar refractivity (Wildman–Crippen MR) is 173 cm³/mol. The van der Waals surface area contributed by atoms with E-state index in [-0.39, 0.29) is 58.0 Å². The molecule has 3 heterocycles. The van der Waals surface area contributed by atoms with Crippen molar-refractivity contribution in [2.24, 2.45) is 5.16 Å². The number of hydrogen-bond donors (Lipinski definition) is 3. The number of carboxylic acids is 1. The van der Waals surface area contributed by atoms with Crippen LogP contribution in [0, 0.1) is 0 Å². The zero-order chi connectivity index (χ0) is 32.3. The Balaban J connectivity index is 0.00000433. The van der Waals surface area contributed by atoms with Crippen LogP contribution in [0.1, 0.15) is 22.4 Å². The molecule has 0 spiro atoms. The topological polar surface area (TPSA) is 156 Å². The number of aliphatic carboxylic acids is 1. The molecule has 0 unspecified atom stereocenters. The van der Waals surface area contributed by atoms with Gasteiger partial charge in [0.25, 0.3) is 11.8 Å². The van der Waals surface area contributed by atoms with Crippen LogP contribution in [0.3, 0.4) is 0 Å². The van der Waals surface area contributed by atoms with Crippen molar-refractivity contribution in [1.29, 1.82) is 0 Å². The molecule has 1 aromatic heterocycles. The molecular formula is C33H28N5NaO6S2. The van der Waals surface area contributed by atoms with E-state index in [0.29, 0.717) is 5.13 Å². The first kappa shape index (κ1) is 34.4. The van der Waals surface area contributed by atoms with Crippen LogP contribution in [0.4, 0.5) is 5.13 Å². The van der Waals surface area contributed by atoms with Crippen LogP contribution >= 0.6 is 23.1 Å². The quantitative estimate of drug-likeness (QED) is 0.0615. The van der Waals surface area contributed by atoms with E-state index in [4.69, 9.17) is 9.82 Å². The van der Waals surface area contributed by atoms with Crippen molar-refractivity contribution >= 4 is 51.7 Å². The number of rotatable bonds is 11. The van der Waals surface area contributed by atoms with E-state index in [9.17, 15) is 24.6 Å². The summed E-state index contributed by atoms with van der Waals surface area (Å²) in [6.45, 7) is -0.519. The second-order valence-corrected chi connectivity index (χ2v) is 12.4. The van der Waals surface area contributed by atoms with Gasteiger partial charge in [0.2, 0.25) is 0 Å². The molecule has 2 atom stereocenters. The van der Waals surface area contributed by atoms with Crippen LogP contribution in [0.25, 0.3) is 0 Å². The summed E-state index contributed by atoms with van der Waals surface area (Å²) in [4.78, 5) is 49.0. The Morgan fingerprint density at radius 2 is 1.57 bits per heavy atom. The summed E-state index contributed by atoms with van der Waals surface area (Å²) >= 11 is 2.51. The number of hydrogen-bond acceptors (Lipinski definition) is 11. The van der Waals surface area contributed by atoms with Gasteiger partial charge in [-0.05, 0) is 22.3 Å². The van der Waals surface area contributed by atoms with Crippen molar-refractivity contribution in [1.82, 2.24) is 15.2 Å². The van der Waals surface area contributed by atoms with Gasteiger partial charge in [-0.1, -0.05) is 96.2 Å². The number of aliphatic hydroxyl groups excluding tert-OH is 1. The van der Waals surface area contributed by atoms with Crippen LogP contribution in [0.5, 0.6) is 0 Å². The Kier molecular flexibility index (Phi) is 10.8. The number of nitrogens with one attached hydrogen (secondary N) is 2. The second-order valence-electron chi connectivity index (χ2n) is 10.4. The number of carbonyl (C=O) groups excluding carboxylic acids is 3. The number of β-lactam (4-membered cyclic amide) rings is 1. The molecule has 6 rings (SSSR count). The van der Waals surface area contributed by atoms with E-state index < -0.39 is 41.3 Å². The van der Waals surface area contributed by atoms with Crippen molar-refractivity contribution in [3.8, 4) is 0 Å². The number of carbonyl (C=O) groups is 3. The van der Waals surface area contributed by atoms with Crippen molar-refractivity contribution in [3.63, 3.8) is 0 Å². The smallest absolute Gasteiger partial charge is 0.543 e. The molecule has 2 aliphatic rings.